The number of nitrogens with zero attached hydrogens (tertiary/aromatic N) is 4. The molecule has 14 rings (SSSR count). The molecule has 114 heavy (non-hydrogen) atoms. The fourth-order valence-corrected chi connectivity index (χ4v) is 16.7. The van der Waals surface area contributed by atoms with E-state index in [1.54, 1.807) is 7.05 Å². The van der Waals surface area contributed by atoms with Gasteiger partial charge >= 0.3 is 18.2 Å². The van der Waals surface area contributed by atoms with Gasteiger partial charge < -0.3 is 117 Å². The number of aromatic hydroxyl groups is 4. The Morgan fingerprint density at radius 3 is 1.36 bits per heavy atom. The summed E-state index contributed by atoms with van der Waals surface area (Å²) in [6.45, 7) is 7.08. The summed E-state index contributed by atoms with van der Waals surface area (Å²) < 4.78 is 82.0. The molecule has 4 aromatic carbocycles. The van der Waals surface area contributed by atoms with Crippen LogP contribution in [0.15, 0.2) is 36.4 Å². The molecule has 0 bridgehead atoms. The maximum Gasteiger partial charge on any atom is 0.409 e. The predicted octanol–water partition coefficient (Wildman–Crippen LogP) is 4.47. The van der Waals surface area contributed by atoms with Crippen molar-refractivity contribution in [2.24, 2.45) is 0 Å². The van der Waals surface area contributed by atoms with Gasteiger partial charge in [-0.15, -0.1) is 0 Å². The number of benzene rings is 4. The standard InChI is InChI=1S/C38H46N2O14.C37H45N3O14.C2H2Cl2O2/c1-6-7-11-39(3)37(46)51-17-24(41)38(47)15-20-27(33(45)29-28(31(20)43)30(42)19-9-8-10-22(48-4)26(19)32(29)44)23(16-38)53-25-14-21-34(18(2)52-25)54-35-36(49-5)50-13-12-40(21)35;1-17-33-20(40-11-12-50-35(49-5)34(40)54-33)13-24(52-17)53-22-15-37(47,23(41)16-51-36(46)39(3)10-9-38-2)14-19-26(22)32(45)28-27(30(19)43)29(42)18-7-6-8-21(48-4)25(18)31(28)44;3-1(4)2(5)6/h8-10,18,21,23,25,34-36,43,45,47H,6-7,11-17H2,1-5H3;6-8,17,20,22,24,33-35,38,43,45,47H,9-16H2,1-5H3;1H,(H,5,6)/t18-,21-,23-,25-,34+,35+,36-,38-;17-,20-,22-,24-,33+,34+,35-,37-;/m00./s1. The number of Topliss-reactive ketones (excluding diaryl/α,β-unsaturated/α-hetero) is 2. The lowest BCUT2D eigenvalue weighted by Crippen LogP contribution is -2.55. The third-order valence-electron chi connectivity index (χ3n) is 22.4. The predicted molar refractivity (Wildman–Crippen MR) is 393 cm³/mol. The number of unbranched alkanes of at least 4 members (excludes halogenated alkanes) is 1. The number of amides is 2. The number of methoxy groups -OCH3 is 4. The van der Waals surface area contributed by atoms with Crippen LogP contribution in [-0.2, 0) is 84.1 Å². The van der Waals surface area contributed by atoms with Gasteiger partial charge in [0.05, 0.1) is 85.2 Å². The molecule has 37 heteroatoms. The number of ether oxygens (including phenoxy) is 14. The number of morpholine rings is 2. The molecule has 6 fully saturated rings. The monoisotopic (exact) mass is 1640 g/mol. The van der Waals surface area contributed by atoms with Crippen molar-refractivity contribution in [2.45, 2.75) is 174 Å². The average molecular weight is 1640 g/mol. The van der Waals surface area contributed by atoms with E-state index in [4.69, 9.17) is 94.6 Å². The molecule has 0 aromatic heterocycles. The SMILES string of the molecule is CCCCN(C)C(=O)OCC(=O)[C@]1(O)Cc2c(O)c3c(c(O)c2[C@@H](O[C@H]2C[C@H]4[C@H](O[C@@H]5[C@@H](OC)OCCN54)[C@H](C)O2)C1)C(=O)c1c(OC)cccc1C3=O.CNCCN(C)C(=O)OCC(=O)[C@]1(O)Cc2c(O)c3c(c(O)c2[C@@H](O[C@H]2C[C@H]4[C@H](O[C@@H]5[C@@H](OC)OCCN54)[C@H](C)O2)C1)C(=O)c1c(OC)cccc1C3=O.O=C(O)C(Cl)Cl. The fraction of sp³-hybridized carbons (Fsp3) is 0.571. The first kappa shape index (κ1) is 85.1. The van der Waals surface area contributed by atoms with E-state index < -0.39 is 215 Å². The number of ketones is 6. The number of alkyl halides is 2. The number of hydrogen-bond donors (Lipinski definition) is 8. The molecule has 6 heterocycles. The van der Waals surface area contributed by atoms with E-state index in [-0.39, 0.29) is 93.1 Å². The van der Waals surface area contributed by atoms with E-state index in [2.05, 4.69) is 15.1 Å². The van der Waals surface area contributed by atoms with Crippen molar-refractivity contribution in [1.82, 2.24) is 24.9 Å². The van der Waals surface area contributed by atoms with Gasteiger partial charge in [0, 0.05) is 145 Å². The summed E-state index contributed by atoms with van der Waals surface area (Å²) in [6, 6.07) is 8.44. The summed E-state index contributed by atoms with van der Waals surface area (Å²) >= 11 is 9.56. The van der Waals surface area contributed by atoms with E-state index in [9.17, 15) is 73.8 Å². The molecule has 620 valence electrons. The third-order valence-corrected chi connectivity index (χ3v) is 22.8. The van der Waals surface area contributed by atoms with Gasteiger partial charge in [0.2, 0.25) is 28.0 Å². The van der Waals surface area contributed by atoms with Gasteiger partial charge in [0.1, 0.15) is 57.9 Å². The normalized spacial score (nSPS) is 29.0. The van der Waals surface area contributed by atoms with Crippen LogP contribution in [0.5, 0.6) is 34.5 Å². The number of likely N-dealkylation sites (N-methyl/N-ethyl adjacent to an activating group) is 2. The van der Waals surface area contributed by atoms with Crippen LogP contribution in [0.25, 0.3) is 0 Å². The number of carboxylic acids is 1. The molecule has 35 nitrogen and oxygen atoms in total. The Morgan fingerprint density at radius 2 is 0.991 bits per heavy atom. The molecule has 0 radical (unpaired) electrons. The highest BCUT2D eigenvalue weighted by Crippen LogP contribution is 2.56. The van der Waals surface area contributed by atoms with Crippen LogP contribution in [0.1, 0.15) is 157 Å². The highest BCUT2D eigenvalue weighted by atomic mass is 35.5. The molecule has 16 atom stereocenters. The maximum atomic E-state index is 14.1. The van der Waals surface area contributed by atoms with E-state index in [1.165, 1.54) is 88.7 Å². The van der Waals surface area contributed by atoms with Crippen molar-refractivity contribution in [1.29, 1.82) is 0 Å². The second-order valence-corrected chi connectivity index (χ2v) is 30.4. The summed E-state index contributed by atoms with van der Waals surface area (Å²) in [5.41, 5.74) is -7.27. The van der Waals surface area contributed by atoms with E-state index >= 15 is 0 Å². The zero-order valence-electron chi connectivity index (χ0n) is 64.2. The van der Waals surface area contributed by atoms with Crippen LogP contribution in [0.3, 0.4) is 0 Å². The molecule has 4 aromatic rings. The van der Waals surface area contributed by atoms with Crippen molar-refractivity contribution in [3.63, 3.8) is 0 Å². The lowest BCUT2D eigenvalue weighted by molar-refractivity contribution is -0.256. The number of phenols is 4. The largest absolute Gasteiger partial charge is 0.507 e. The second kappa shape index (κ2) is 34.9. The van der Waals surface area contributed by atoms with Crippen LogP contribution in [-0.4, -0.2) is 307 Å². The minimum Gasteiger partial charge on any atom is -0.507 e. The number of aliphatic hydroxyl groups is 2. The summed E-state index contributed by atoms with van der Waals surface area (Å²) in [5, 5.41) is 82.3. The first-order valence-corrected chi connectivity index (χ1v) is 38.1. The highest BCUT2D eigenvalue weighted by molar-refractivity contribution is 6.52. The molecular formula is C77H93Cl2N5O30. The lowest BCUT2D eigenvalue weighted by atomic mass is 9.72. The number of carbonyl (C=O) groups excluding carboxylic acids is 8. The van der Waals surface area contributed by atoms with E-state index in [0.717, 1.165) is 12.8 Å². The van der Waals surface area contributed by atoms with Crippen molar-refractivity contribution in [3.8, 4) is 34.5 Å². The van der Waals surface area contributed by atoms with Gasteiger partial charge in [-0.25, -0.2) is 14.4 Å². The lowest BCUT2D eigenvalue weighted by Gasteiger charge is -2.43. The van der Waals surface area contributed by atoms with Crippen molar-refractivity contribution >= 4 is 76.1 Å². The molecule has 0 unspecified atom stereocenters. The van der Waals surface area contributed by atoms with Crippen LogP contribution in [0, 0.1) is 0 Å². The Kier molecular flexibility index (Phi) is 26.0. The number of aliphatic carboxylic acids is 1. The molecule has 0 spiro atoms. The molecule has 0 saturated carbocycles. The number of rotatable bonds is 21. The fourth-order valence-electron chi connectivity index (χ4n) is 16.7. The minimum absolute atomic E-state index is 0.0504. The number of halogens is 2. The van der Waals surface area contributed by atoms with Crippen LogP contribution < -0.4 is 14.8 Å². The quantitative estimate of drug-likeness (QED) is 0.0364. The zero-order chi connectivity index (χ0) is 82.4. The molecule has 6 saturated heterocycles. The number of carboxylic acid groups (broad SMARTS) is 1. The highest BCUT2D eigenvalue weighted by Gasteiger charge is 2.59. The van der Waals surface area contributed by atoms with Gasteiger partial charge in [-0.2, -0.15) is 0 Å². The summed E-state index contributed by atoms with van der Waals surface area (Å²) in [7, 11) is 10.5. The topological polar surface area (TPSA) is 449 Å². The average Bonchev–Trinajstić information content (AvgIpc) is 0.808. The maximum absolute atomic E-state index is 14.1. The number of phenolic OH excluding ortho intramolecular Hbond substituents is 4. The molecule has 8 N–H and O–H groups in total. The Hall–Kier alpha value is -8.31. The Bertz CT molecular complexity index is 4150. The Labute approximate surface area is 664 Å². The zero-order valence-corrected chi connectivity index (χ0v) is 65.7. The van der Waals surface area contributed by atoms with Gasteiger partial charge in [-0.3, -0.25) is 38.6 Å². The first-order valence-electron chi connectivity index (χ1n) is 37.2. The van der Waals surface area contributed by atoms with Crippen molar-refractivity contribution in [3.05, 3.63) is 103 Å². The number of fused-ring (bicyclic) bond motifs is 12. The van der Waals surface area contributed by atoms with Crippen LogP contribution in [0.2, 0.25) is 0 Å². The number of carbonyl (C=O) groups is 9. The van der Waals surface area contributed by atoms with Gasteiger partial charge in [0.15, 0.2) is 62.4 Å². The smallest absolute Gasteiger partial charge is 0.409 e. The second-order valence-electron chi connectivity index (χ2n) is 29.3. The summed E-state index contributed by atoms with van der Waals surface area (Å²) in [5.74, 6) is -8.54. The molecule has 2 amide bonds. The molecule has 4 aliphatic carbocycles. The van der Waals surface area contributed by atoms with E-state index in [0.29, 0.717) is 45.9 Å². The molecular weight excluding hydrogens is 1550 g/mol. The Balaban J connectivity index is 0.000000197. The van der Waals surface area contributed by atoms with Crippen LogP contribution in [0.4, 0.5) is 9.59 Å². The summed E-state index contributed by atoms with van der Waals surface area (Å²) in [4.78, 5) is 124. The van der Waals surface area contributed by atoms with Crippen molar-refractivity contribution in [2.75, 3.05) is 109 Å². The number of nitrogens with one attached hydrogen (secondary N) is 1. The van der Waals surface area contributed by atoms with E-state index in [1.807, 2.05) is 20.8 Å². The van der Waals surface area contributed by atoms with Gasteiger partial charge in [-0.05, 0) is 39.4 Å². The Morgan fingerprint density at radius 1 is 0.596 bits per heavy atom. The molecule has 6 aliphatic heterocycles. The van der Waals surface area contributed by atoms with Crippen molar-refractivity contribution < 1.29 is 145 Å². The number of hydrogen-bond acceptors (Lipinski definition) is 32. The first-order chi connectivity index (χ1) is 54.3. The summed E-state index contributed by atoms with van der Waals surface area (Å²) in [6.07, 6.45) is -10.2. The van der Waals surface area contributed by atoms with Crippen LogP contribution >= 0.6 is 23.2 Å². The molecule has 10 aliphatic rings. The van der Waals surface area contributed by atoms with Gasteiger partial charge in [-0.1, -0.05) is 60.8 Å². The third kappa shape index (κ3) is 16.0. The van der Waals surface area contributed by atoms with Gasteiger partial charge in [0.25, 0.3) is 0 Å². The minimum atomic E-state index is -2.32.